The lowest BCUT2D eigenvalue weighted by molar-refractivity contribution is 0.0277. The van der Waals surface area contributed by atoms with Crippen molar-refractivity contribution in [3.8, 4) is 5.75 Å². The lowest BCUT2D eigenvalue weighted by Crippen LogP contribution is -2.37. The first-order valence-electron chi connectivity index (χ1n) is 9.21. The van der Waals surface area contributed by atoms with E-state index < -0.39 is 0 Å². The zero-order valence-electron chi connectivity index (χ0n) is 15.0. The van der Waals surface area contributed by atoms with E-state index in [0.717, 1.165) is 67.6 Å². The number of fused-ring (bicyclic) bond motifs is 2. The molecule has 1 aromatic heterocycles. The van der Waals surface area contributed by atoms with Crippen molar-refractivity contribution in [1.29, 1.82) is 0 Å². The number of rotatable bonds is 4. The minimum atomic E-state index is -0.283. The third-order valence-corrected chi connectivity index (χ3v) is 5.17. The van der Waals surface area contributed by atoms with Crippen molar-refractivity contribution in [1.82, 2.24) is 4.90 Å². The molecular weight excluding hydrogens is 318 g/mol. The van der Waals surface area contributed by atoms with Gasteiger partial charge in [0.1, 0.15) is 18.1 Å². The molecule has 1 fully saturated rings. The van der Waals surface area contributed by atoms with Crippen molar-refractivity contribution in [2.24, 2.45) is 0 Å². The topological polar surface area (TPSA) is 51.9 Å². The summed E-state index contributed by atoms with van der Waals surface area (Å²) in [5, 5.41) is 1.04. The van der Waals surface area contributed by atoms with Crippen LogP contribution < -0.4 is 10.4 Å². The molecule has 0 aliphatic carbocycles. The maximum absolute atomic E-state index is 11.9. The fraction of sp³-hybridized carbons (Fsp3) is 0.550. The van der Waals surface area contributed by atoms with Crippen LogP contribution in [0.15, 0.2) is 21.3 Å². The van der Waals surface area contributed by atoms with Crippen LogP contribution in [0.5, 0.6) is 5.75 Å². The second kappa shape index (κ2) is 6.81. The van der Waals surface area contributed by atoms with Crippen LogP contribution in [0.4, 0.5) is 0 Å². The van der Waals surface area contributed by atoms with Gasteiger partial charge in [-0.05, 0) is 37.8 Å². The van der Waals surface area contributed by atoms with Gasteiger partial charge < -0.3 is 13.9 Å². The maximum Gasteiger partial charge on any atom is 0.336 e. The standard InChI is InChI=1S/C20H25NO4/c1-3-5-14-9-18(22)25-20-13(2)19-15(8-17(14)20)10-21(12-24-19)11-16-6-4-7-23-16/h8-9,16H,3-7,10-12H2,1-2H3. The summed E-state index contributed by atoms with van der Waals surface area (Å²) in [5.41, 5.74) is 3.55. The zero-order valence-corrected chi connectivity index (χ0v) is 15.0. The molecule has 2 aromatic rings. The van der Waals surface area contributed by atoms with Gasteiger partial charge in [0, 0.05) is 42.3 Å². The molecule has 0 saturated carbocycles. The van der Waals surface area contributed by atoms with Gasteiger partial charge in [0.2, 0.25) is 0 Å². The minimum Gasteiger partial charge on any atom is -0.477 e. The molecule has 1 unspecified atom stereocenters. The number of hydrogen-bond acceptors (Lipinski definition) is 5. The normalized spacial score (nSPS) is 20.6. The fourth-order valence-corrected chi connectivity index (χ4v) is 4.00. The van der Waals surface area contributed by atoms with Crippen LogP contribution in [-0.4, -0.2) is 30.9 Å². The van der Waals surface area contributed by atoms with Crippen molar-refractivity contribution in [3.05, 3.63) is 39.2 Å². The van der Waals surface area contributed by atoms with E-state index in [1.165, 1.54) is 5.56 Å². The van der Waals surface area contributed by atoms with Gasteiger partial charge in [-0.2, -0.15) is 0 Å². The highest BCUT2D eigenvalue weighted by molar-refractivity contribution is 5.86. The second-order valence-corrected chi connectivity index (χ2v) is 7.13. The van der Waals surface area contributed by atoms with E-state index in [9.17, 15) is 4.79 Å². The van der Waals surface area contributed by atoms with E-state index in [4.69, 9.17) is 13.9 Å². The Kier molecular flexibility index (Phi) is 4.52. The van der Waals surface area contributed by atoms with Crippen LogP contribution >= 0.6 is 0 Å². The van der Waals surface area contributed by atoms with Crippen LogP contribution in [-0.2, 0) is 17.7 Å². The lowest BCUT2D eigenvalue weighted by atomic mass is 9.98. The number of benzene rings is 1. The first kappa shape index (κ1) is 16.6. The van der Waals surface area contributed by atoms with Crippen LogP contribution in [0.2, 0.25) is 0 Å². The highest BCUT2D eigenvalue weighted by atomic mass is 16.5. The average Bonchev–Trinajstić information content (AvgIpc) is 3.09. The maximum atomic E-state index is 11.9. The van der Waals surface area contributed by atoms with E-state index in [0.29, 0.717) is 18.4 Å². The van der Waals surface area contributed by atoms with Crippen molar-refractivity contribution in [2.75, 3.05) is 19.9 Å². The lowest BCUT2D eigenvalue weighted by Gasteiger charge is -2.31. The van der Waals surface area contributed by atoms with Crippen LogP contribution in [0.1, 0.15) is 42.9 Å². The molecule has 0 bridgehead atoms. The Bertz CT molecular complexity index is 836. The molecule has 3 heterocycles. The molecule has 1 saturated heterocycles. The Morgan fingerprint density at radius 2 is 2.20 bits per heavy atom. The van der Waals surface area contributed by atoms with Crippen LogP contribution in [0.3, 0.4) is 0 Å². The van der Waals surface area contributed by atoms with Crippen LogP contribution in [0, 0.1) is 6.92 Å². The first-order chi connectivity index (χ1) is 12.2. The summed E-state index contributed by atoms with van der Waals surface area (Å²) in [5.74, 6) is 0.868. The third kappa shape index (κ3) is 3.18. The average molecular weight is 343 g/mol. The zero-order chi connectivity index (χ0) is 17.4. The number of hydrogen-bond donors (Lipinski definition) is 0. The van der Waals surface area contributed by atoms with E-state index in [1.807, 2.05) is 6.92 Å². The molecule has 25 heavy (non-hydrogen) atoms. The Morgan fingerprint density at radius 1 is 1.32 bits per heavy atom. The molecule has 0 N–H and O–H groups in total. The third-order valence-electron chi connectivity index (χ3n) is 5.17. The summed E-state index contributed by atoms with van der Waals surface area (Å²) in [4.78, 5) is 14.2. The minimum absolute atomic E-state index is 0.283. The van der Waals surface area contributed by atoms with Gasteiger partial charge in [-0.1, -0.05) is 13.3 Å². The van der Waals surface area contributed by atoms with E-state index in [-0.39, 0.29) is 5.63 Å². The summed E-state index contributed by atoms with van der Waals surface area (Å²) in [7, 11) is 0. The van der Waals surface area contributed by atoms with Gasteiger partial charge in [0.25, 0.3) is 0 Å². The molecule has 1 atom stereocenters. The van der Waals surface area contributed by atoms with Gasteiger partial charge in [0.05, 0.1) is 6.10 Å². The van der Waals surface area contributed by atoms with Crippen molar-refractivity contribution >= 4 is 11.0 Å². The molecule has 5 nitrogen and oxygen atoms in total. The number of nitrogens with zero attached hydrogens (tertiary/aromatic N) is 1. The Hall–Kier alpha value is -1.85. The van der Waals surface area contributed by atoms with Crippen molar-refractivity contribution in [3.63, 3.8) is 0 Å². The Balaban J connectivity index is 1.70. The smallest absolute Gasteiger partial charge is 0.336 e. The first-order valence-corrected chi connectivity index (χ1v) is 9.21. The molecule has 134 valence electrons. The SMILES string of the molecule is CCCc1cc(=O)oc2c(C)c3c(cc12)CN(CC1CCCO1)CO3. The highest BCUT2D eigenvalue weighted by Crippen LogP contribution is 2.36. The number of ether oxygens (including phenoxy) is 2. The monoisotopic (exact) mass is 343 g/mol. The molecule has 0 radical (unpaired) electrons. The molecule has 5 heteroatoms. The van der Waals surface area contributed by atoms with Gasteiger partial charge in [-0.3, -0.25) is 4.90 Å². The largest absolute Gasteiger partial charge is 0.477 e. The summed E-state index contributed by atoms with van der Waals surface area (Å²) < 4.78 is 17.3. The molecule has 2 aliphatic rings. The summed E-state index contributed by atoms with van der Waals surface area (Å²) >= 11 is 0. The predicted octanol–water partition coefficient (Wildman–Crippen LogP) is 3.38. The van der Waals surface area contributed by atoms with Gasteiger partial charge >= 0.3 is 5.63 Å². The highest BCUT2D eigenvalue weighted by Gasteiger charge is 2.26. The molecule has 0 spiro atoms. The Labute approximate surface area is 147 Å². The van der Waals surface area contributed by atoms with Crippen molar-refractivity contribution in [2.45, 2.75) is 52.2 Å². The van der Waals surface area contributed by atoms with E-state index in [2.05, 4.69) is 17.9 Å². The van der Waals surface area contributed by atoms with Gasteiger partial charge in [-0.25, -0.2) is 4.79 Å². The number of aryl methyl sites for hydroxylation is 2. The van der Waals surface area contributed by atoms with Gasteiger partial charge in [0.15, 0.2) is 0 Å². The predicted molar refractivity (Wildman–Crippen MR) is 96.1 cm³/mol. The molecular formula is C20H25NO4. The molecule has 2 aliphatic heterocycles. The summed E-state index contributed by atoms with van der Waals surface area (Å²) in [6, 6.07) is 3.78. The molecule has 1 aromatic carbocycles. The van der Waals surface area contributed by atoms with Crippen LogP contribution in [0.25, 0.3) is 11.0 Å². The Morgan fingerprint density at radius 3 is 2.96 bits per heavy atom. The summed E-state index contributed by atoms with van der Waals surface area (Å²) in [6.07, 6.45) is 4.47. The quantitative estimate of drug-likeness (QED) is 0.797. The molecule has 0 amide bonds. The fourth-order valence-electron chi connectivity index (χ4n) is 4.00. The van der Waals surface area contributed by atoms with E-state index >= 15 is 0 Å². The summed E-state index contributed by atoms with van der Waals surface area (Å²) in [6.45, 7) is 7.28. The van der Waals surface area contributed by atoms with Gasteiger partial charge in [-0.15, -0.1) is 0 Å². The molecule has 4 rings (SSSR count). The van der Waals surface area contributed by atoms with E-state index in [1.54, 1.807) is 6.07 Å². The van der Waals surface area contributed by atoms with Crippen molar-refractivity contribution < 1.29 is 13.9 Å². The second-order valence-electron chi connectivity index (χ2n) is 7.13.